The van der Waals surface area contributed by atoms with Crippen LogP contribution >= 0.6 is 36.6 Å². The van der Waals surface area contributed by atoms with Crippen LogP contribution in [0.15, 0.2) is 17.6 Å². The molecular weight excluding hydrogens is 397 g/mol. The van der Waals surface area contributed by atoms with Gasteiger partial charge in [-0.05, 0) is 12.8 Å². The monoisotopic (exact) mass is 421 g/mol. The zero-order valence-corrected chi connectivity index (χ0v) is 17.2. The molecule has 0 saturated heterocycles. The number of nitrogens with one attached hydrogen (secondary N) is 1. The third-order valence-corrected chi connectivity index (χ3v) is 5.00. The first kappa shape index (κ1) is 22.9. The van der Waals surface area contributed by atoms with Gasteiger partial charge in [0.1, 0.15) is 18.8 Å². The summed E-state index contributed by atoms with van der Waals surface area (Å²) in [6.45, 7) is 1.19. The molecule has 0 atom stereocenters. The van der Waals surface area contributed by atoms with Crippen molar-refractivity contribution in [1.82, 2.24) is 24.7 Å². The quantitative estimate of drug-likeness (QED) is 0.492. The van der Waals surface area contributed by atoms with Gasteiger partial charge < -0.3 is 20.4 Å². The third-order valence-electron chi connectivity index (χ3n) is 3.97. The summed E-state index contributed by atoms with van der Waals surface area (Å²) in [6.07, 6.45) is 3.68. The molecule has 8 nitrogen and oxygen atoms in total. The Hall–Kier alpha value is -1.13. The summed E-state index contributed by atoms with van der Waals surface area (Å²) >= 11 is 1.66. The largest absolute Gasteiger partial charge is 0.377 e. The topological polar surface area (TPSA) is 104 Å². The molecule has 2 aromatic heterocycles. The van der Waals surface area contributed by atoms with E-state index >= 15 is 0 Å². The van der Waals surface area contributed by atoms with E-state index in [2.05, 4.69) is 25.5 Å². The highest BCUT2D eigenvalue weighted by Gasteiger charge is 2.29. The summed E-state index contributed by atoms with van der Waals surface area (Å²) in [5, 5.41) is 12.2. The van der Waals surface area contributed by atoms with Gasteiger partial charge in [0.15, 0.2) is 11.0 Å². The van der Waals surface area contributed by atoms with Gasteiger partial charge in [0, 0.05) is 50.2 Å². The molecule has 0 radical (unpaired) electrons. The lowest BCUT2D eigenvalue weighted by Gasteiger charge is -2.32. The third kappa shape index (κ3) is 5.95. The van der Waals surface area contributed by atoms with E-state index in [9.17, 15) is 0 Å². The predicted molar refractivity (Wildman–Crippen MR) is 107 cm³/mol. The SMILES string of the molecule is COCc1nc(NCCSc2nncn2C)cc(C2CC(N)C2)n1.Cl.Cl. The van der Waals surface area contributed by atoms with Gasteiger partial charge in [-0.15, -0.1) is 35.0 Å². The van der Waals surface area contributed by atoms with E-state index < -0.39 is 0 Å². The molecule has 0 spiro atoms. The first-order valence-electron chi connectivity index (χ1n) is 7.98. The molecule has 0 aromatic carbocycles. The smallest absolute Gasteiger partial charge is 0.190 e. The van der Waals surface area contributed by atoms with Crippen LogP contribution in [0.1, 0.15) is 30.3 Å². The summed E-state index contributed by atoms with van der Waals surface area (Å²) in [7, 11) is 3.59. The van der Waals surface area contributed by atoms with Crippen LogP contribution in [0.25, 0.3) is 0 Å². The molecule has 11 heteroatoms. The number of ether oxygens (including phenoxy) is 1. The maximum Gasteiger partial charge on any atom is 0.190 e. The summed E-state index contributed by atoms with van der Waals surface area (Å²) in [5.41, 5.74) is 6.96. The van der Waals surface area contributed by atoms with E-state index in [1.165, 1.54) is 0 Å². The van der Waals surface area contributed by atoms with E-state index in [4.69, 9.17) is 10.5 Å². The van der Waals surface area contributed by atoms with Crippen molar-refractivity contribution in [3.63, 3.8) is 0 Å². The normalized spacial score (nSPS) is 18.4. The Morgan fingerprint density at radius 2 is 2.12 bits per heavy atom. The number of halogens is 2. The molecule has 0 aliphatic heterocycles. The minimum absolute atomic E-state index is 0. The van der Waals surface area contributed by atoms with Gasteiger partial charge in [0.2, 0.25) is 0 Å². The second-order valence-corrected chi connectivity index (χ2v) is 7.02. The average Bonchev–Trinajstić information content (AvgIpc) is 2.94. The number of nitrogens with two attached hydrogens (primary N) is 1. The summed E-state index contributed by atoms with van der Waals surface area (Å²) in [4.78, 5) is 9.12. The van der Waals surface area contributed by atoms with Crippen molar-refractivity contribution in [2.45, 2.75) is 36.6 Å². The lowest BCUT2D eigenvalue weighted by atomic mass is 9.78. The van der Waals surface area contributed by atoms with E-state index in [1.807, 2.05) is 17.7 Å². The van der Waals surface area contributed by atoms with Crippen LogP contribution in [0.5, 0.6) is 0 Å². The Kier molecular flexibility index (Phi) is 9.59. The molecular formula is C15H25Cl2N7OS. The molecule has 1 fully saturated rings. The predicted octanol–water partition coefficient (Wildman–Crippen LogP) is 2.00. The molecule has 0 unspecified atom stereocenters. The van der Waals surface area contributed by atoms with Crippen molar-refractivity contribution in [2.24, 2.45) is 12.8 Å². The van der Waals surface area contributed by atoms with E-state index in [0.717, 1.165) is 41.8 Å². The molecule has 1 aliphatic rings. The summed E-state index contributed by atoms with van der Waals surface area (Å²) in [6, 6.07) is 2.33. The molecule has 1 saturated carbocycles. The van der Waals surface area contributed by atoms with Crippen molar-refractivity contribution < 1.29 is 4.74 Å². The lowest BCUT2D eigenvalue weighted by molar-refractivity contribution is 0.177. The number of hydrogen-bond donors (Lipinski definition) is 2. The van der Waals surface area contributed by atoms with Gasteiger partial charge in [0.25, 0.3) is 0 Å². The van der Waals surface area contributed by atoms with Crippen molar-refractivity contribution in [2.75, 3.05) is 24.7 Å². The fourth-order valence-corrected chi connectivity index (χ4v) is 3.38. The molecule has 3 N–H and O–H groups in total. The highest BCUT2D eigenvalue weighted by Crippen LogP contribution is 2.35. The van der Waals surface area contributed by atoms with E-state index in [-0.39, 0.29) is 24.8 Å². The van der Waals surface area contributed by atoms with Crippen LogP contribution in [-0.4, -0.2) is 50.2 Å². The fraction of sp³-hybridized carbons (Fsp3) is 0.600. The molecule has 146 valence electrons. The van der Waals surface area contributed by atoms with Crippen molar-refractivity contribution in [1.29, 1.82) is 0 Å². The first-order valence-corrected chi connectivity index (χ1v) is 8.97. The van der Waals surface area contributed by atoms with Gasteiger partial charge in [-0.1, -0.05) is 11.8 Å². The van der Waals surface area contributed by atoms with Crippen LogP contribution in [0, 0.1) is 0 Å². The Labute approximate surface area is 169 Å². The van der Waals surface area contributed by atoms with Crippen LogP contribution < -0.4 is 11.1 Å². The number of aryl methyl sites for hydroxylation is 1. The Morgan fingerprint density at radius 3 is 2.73 bits per heavy atom. The number of thioether (sulfide) groups is 1. The van der Waals surface area contributed by atoms with Gasteiger partial charge in [0.05, 0.1) is 0 Å². The number of rotatable bonds is 8. The standard InChI is InChI=1S/C15H23N7OS.2ClH/c1-22-9-18-21-15(22)24-4-3-17-13-7-12(10-5-11(16)6-10)19-14(20-13)8-23-2;;/h7,9-11H,3-6,8,16H2,1-2H3,(H,17,19,20);2*1H. The zero-order valence-electron chi connectivity index (χ0n) is 14.8. The molecule has 0 amide bonds. The second kappa shape index (κ2) is 10.9. The number of anilines is 1. The van der Waals surface area contributed by atoms with Crippen LogP contribution in [0.4, 0.5) is 5.82 Å². The second-order valence-electron chi connectivity index (χ2n) is 5.96. The van der Waals surface area contributed by atoms with Crippen LogP contribution in [-0.2, 0) is 18.4 Å². The van der Waals surface area contributed by atoms with Gasteiger partial charge in [-0.3, -0.25) is 0 Å². The number of methoxy groups -OCH3 is 1. The summed E-state index contributed by atoms with van der Waals surface area (Å²) < 4.78 is 7.09. The van der Waals surface area contributed by atoms with E-state index in [1.54, 1.807) is 25.2 Å². The molecule has 2 heterocycles. The maximum absolute atomic E-state index is 5.90. The zero-order chi connectivity index (χ0) is 16.9. The average molecular weight is 422 g/mol. The van der Waals surface area contributed by atoms with Gasteiger partial charge in [-0.25, -0.2) is 9.97 Å². The number of nitrogens with zero attached hydrogens (tertiary/aromatic N) is 5. The molecule has 0 bridgehead atoms. The number of aromatic nitrogens is 5. The molecule has 26 heavy (non-hydrogen) atoms. The first-order chi connectivity index (χ1) is 11.7. The Balaban J connectivity index is 0.00000169. The van der Waals surface area contributed by atoms with Crippen LogP contribution in [0.3, 0.4) is 0 Å². The number of hydrogen-bond acceptors (Lipinski definition) is 8. The van der Waals surface area contributed by atoms with Crippen molar-refractivity contribution >= 4 is 42.4 Å². The maximum atomic E-state index is 5.90. The highest BCUT2D eigenvalue weighted by molar-refractivity contribution is 7.99. The minimum atomic E-state index is 0. The van der Waals surface area contributed by atoms with Gasteiger partial charge in [-0.2, -0.15) is 0 Å². The van der Waals surface area contributed by atoms with Crippen LogP contribution in [0.2, 0.25) is 0 Å². The summed E-state index contributed by atoms with van der Waals surface area (Å²) in [5.74, 6) is 2.86. The molecule has 2 aromatic rings. The molecule has 1 aliphatic carbocycles. The van der Waals surface area contributed by atoms with Crippen molar-refractivity contribution in [3.8, 4) is 0 Å². The minimum Gasteiger partial charge on any atom is -0.377 e. The Bertz CT molecular complexity index is 682. The molecule has 3 rings (SSSR count). The van der Waals surface area contributed by atoms with Gasteiger partial charge >= 0.3 is 0 Å². The van der Waals surface area contributed by atoms with Crippen molar-refractivity contribution in [3.05, 3.63) is 23.9 Å². The highest BCUT2D eigenvalue weighted by atomic mass is 35.5. The van der Waals surface area contributed by atoms with E-state index in [0.29, 0.717) is 24.4 Å². The fourth-order valence-electron chi connectivity index (χ4n) is 2.64. The lowest BCUT2D eigenvalue weighted by Crippen LogP contribution is -2.35. The Morgan fingerprint density at radius 1 is 1.35 bits per heavy atom.